The molecule has 0 atom stereocenters. The van der Waals surface area contributed by atoms with Gasteiger partial charge in [-0.1, -0.05) is 30.3 Å². The van der Waals surface area contributed by atoms with Crippen molar-refractivity contribution in [1.82, 2.24) is 0 Å². The number of benzene rings is 2. The zero-order valence-corrected chi connectivity index (χ0v) is 10.1. The van der Waals surface area contributed by atoms with Crippen molar-refractivity contribution in [3.05, 3.63) is 58.9 Å². The van der Waals surface area contributed by atoms with Gasteiger partial charge in [0, 0.05) is 12.1 Å². The standard InChI is InChI=1S/C15H16FN/c1-10-7-11(2)15(14(16)8-10)13-5-3-12(9-17)4-6-13/h3-8H,9,17H2,1-2H3. The fourth-order valence-electron chi connectivity index (χ4n) is 2.09. The molecule has 2 aromatic rings. The first-order chi connectivity index (χ1) is 8.11. The van der Waals surface area contributed by atoms with Gasteiger partial charge in [-0.3, -0.25) is 0 Å². The van der Waals surface area contributed by atoms with Crippen LogP contribution in [0.5, 0.6) is 0 Å². The van der Waals surface area contributed by atoms with Crippen molar-refractivity contribution >= 4 is 0 Å². The van der Waals surface area contributed by atoms with Crippen molar-refractivity contribution in [2.75, 3.05) is 0 Å². The predicted molar refractivity (Wildman–Crippen MR) is 69.2 cm³/mol. The summed E-state index contributed by atoms with van der Waals surface area (Å²) in [5.74, 6) is -0.164. The lowest BCUT2D eigenvalue weighted by Gasteiger charge is -2.09. The molecule has 2 N–H and O–H groups in total. The molecule has 0 heterocycles. The van der Waals surface area contributed by atoms with Gasteiger partial charge in [0.1, 0.15) is 5.82 Å². The Hall–Kier alpha value is -1.67. The third-order valence-electron chi connectivity index (χ3n) is 2.91. The van der Waals surface area contributed by atoms with E-state index in [-0.39, 0.29) is 5.82 Å². The number of aryl methyl sites for hydroxylation is 2. The highest BCUT2D eigenvalue weighted by molar-refractivity contribution is 5.68. The van der Waals surface area contributed by atoms with E-state index in [1.807, 2.05) is 44.2 Å². The van der Waals surface area contributed by atoms with E-state index in [4.69, 9.17) is 5.73 Å². The van der Waals surface area contributed by atoms with Crippen molar-refractivity contribution in [1.29, 1.82) is 0 Å². The Labute approximate surface area is 101 Å². The van der Waals surface area contributed by atoms with Crippen molar-refractivity contribution in [2.45, 2.75) is 20.4 Å². The average Bonchev–Trinajstić information content (AvgIpc) is 2.28. The summed E-state index contributed by atoms with van der Waals surface area (Å²) in [6.45, 7) is 4.34. The molecule has 0 aliphatic rings. The molecule has 17 heavy (non-hydrogen) atoms. The second kappa shape index (κ2) is 4.68. The molecular formula is C15H16FN. The number of rotatable bonds is 2. The molecule has 0 saturated carbocycles. The van der Waals surface area contributed by atoms with Crippen LogP contribution in [-0.2, 0) is 6.54 Å². The quantitative estimate of drug-likeness (QED) is 0.837. The summed E-state index contributed by atoms with van der Waals surface area (Å²) >= 11 is 0. The second-order valence-corrected chi connectivity index (χ2v) is 4.34. The lowest BCUT2D eigenvalue weighted by molar-refractivity contribution is 0.629. The predicted octanol–water partition coefficient (Wildman–Crippen LogP) is 3.57. The first kappa shape index (κ1) is 11.8. The second-order valence-electron chi connectivity index (χ2n) is 4.34. The lowest BCUT2D eigenvalue weighted by Crippen LogP contribution is -1.96. The van der Waals surface area contributed by atoms with Crippen LogP contribution in [0.25, 0.3) is 11.1 Å². The normalized spacial score (nSPS) is 10.6. The van der Waals surface area contributed by atoms with Gasteiger partial charge >= 0.3 is 0 Å². The number of hydrogen-bond donors (Lipinski definition) is 1. The summed E-state index contributed by atoms with van der Waals surface area (Å²) in [5, 5.41) is 0. The molecule has 2 rings (SSSR count). The third kappa shape index (κ3) is 2.37. The topological polar surface area (TPSA) is 26.0 Å². The third-order valence-corrected chi connectivity index (χ3v) is 2.91. The molecule has 2 heteroatoms. The lowest BCUT2D eigenvalue weighted by atomic mass is 9.97. The van der Waals surface area contributed by atoms with E-state index >= 15 is 0 Å². The zero-order valence-electron chi connectivity index (χ0n) is 10.1. The Kier molecular flexibility index (Phi) is 3.25. The van der Waals surface area contributed by atoms with E-state index in [0.717, 1.165) is 22.3 Å². The molecule has 0 spiro atoms. The van der Waals surface area contributed by atoms with Gasteiger partial charge in [0.15, 0.2) is 0 Å². The zero-order chi connectivity index (χ0) is 12.4. The molecule has 0 aliphatic heterocycles. The Balaban J connectivity index is 2.52. The first-order valence-corrected chi connectivity index (χ1v) is 5.68. The van der Waals surface area contributed by atoms with Crippen LogP contribution in [0.2, 0.25) is 0 Å². The summed E-state index contributed by atoms with van der Waals surface area (Å²) in [5.41, 5.74) is 10.1. The van der Waals surface area contributed by atoms with Crippen LogP contribution in [0.15, 0.2) is 36.4 Å². The van der Waals surface area contributed by atoms with Crippen LogP contribution in [0.3, 0.4) is 0 Å². The summed E-state index contributed by atoms with van der Waals surface area (Å²) < 4.78 is 14.0. The van der Waals surface area contributed by atoms with Crippen molar-refractivity contribution in [2.24, 2.45) is 5.73 Å². The minimum Gasteiger partial charge on any atom is -0.326 e. The maximum atomic E-state index is 14.0. The maximum Gasteiger partial charge on any atom is 0.131 e. The van der Waals surface area contributed by atoms with Gasteiger partial charge < -0.3 is 5.73 Å². The van der Waals surface area contributed by atoms with Crippen molar-refractivity contribution < 1.29 is 4.39 Å². The van der Waals surface area contributed by atoms with Crippen LogP contribution in [0.4, 0.5) is 4.39 Å². The summed E-state index contributed by atoms with van der Waals surface area (Å²) in [6.07, 6.45) is 0. The van der Waals surface area contributed by atoms with Crippen LogP contribution in [-0.4, -0.2) is 0 Å². The summed E-state index contributed by atoms with van der Waals surface area (Å²) in [4.78, 5) is 0. The molecule has 0 fully saturated rings. The van der Waals surface area contributed by atoms with Crippen LogP contribution >= 0.6 is 0 Å². The SMILES string of the molecule is Cc1cc(C)c(-c2ccc(CN)cc2)c(F)c1. The van der Waals surface area contributed by atoms with Crippen LogP contribution in [0.1, 0.15) is 16.7 Å². The number of nitrogens with two attached hydrogens (primary N) is 1. The average molecular weight is 229 g/mol. The molecule has 0 radical (unpaired) electrons. The minimum absolute atomic E-state index is 0.164. The molecule has 0 amide bonds. The number of hydrogen-bond acceptors (Lipinski definition) is 1. The Bertz CT molecular complexity index is 506. The van der Waals surface area contributed by atoms with E-state index in [1.54, 1.807) is 6.07 Å². The van der Waals surface area contributed by atoms with E-state index in [2.05, 4.69) is 0 Å². The highest BCUT2D eigenvalue weighted by Crippen LogP contribution is 2.27. The highest BCUT2D eigenvalue weighted by atomic mass is 19.1. The molecule has 0 bridgehead atoms. The van der Waals surface area contributed by atoms with E-state index in [0.29, 0.717) is 12.1 Å². The Morgan fingerprint density at radius 1 is 1.06 bits per heavy atom. The van der Waals surface area contributed by atoms with Gasteiger partial charge in [-0.2, -0.15) is 0 Å². The molecule has 0 saturated heterocycles. The van der Waals surface area contributed by atoms with Crippen LogP contribution < -0.4 is 5.73 Å². The smallest absolute Gasteiger partial charge is 0.131 e. The molecule has 0 aromatic heterocycles. The molecule has 0 aliphatic carbocycles. The van der Waals surface area contributed by atoms with Gasteiger partial charge in [0.05, 0.1) is 0 Å². The molecule has 1 nitrogen and oxygen atoms in total. The Morgan fingerprint density at radius 3 is 2.24 bits per heavy atom. The van der Waals surface area contributed by atoms with Crippen molar-refractivity contribution in [3.63, 3.8) is 0 Å². The summed E-state index contributed by atoms with van der Waals surface area (Å²) in [7, 11) is 0. The van der Waals surface area contributed by atoms with Gasteiger partial charge in [-0.15, -0.1) is 0 Å². The Morgan fingerprint density at radius 2 is 1.71 bits per heavy atom. The van der Waals surface area contributed by atoms with Gasteiger partial charge in [0.2, 0.25) is 0 Å². The van der Waals surface area contributed by atoms with Gasteiger partial charge in [-0.05, 0) is 42.2 Å². The van der Waals surface area contributed by atoms with E-state index in [1.165, 1.54) is 0 Å². The largest absolute Gasteiger partial charge is 0.326 e. The maximum absolute atomic E-state index is 14.0. The van der Waals surface area contributed by atoms with Gasteiger partial charge in [-0.25, -0.2) is 4.39 Å². The monoisotopic (exact) mass is 229 g/mol. The molecular weight excluding hydrogens is 213 g/mol. The van der Waals surface area contributed by atoms with Crippen LogP contribution in [0, 0.1) is 19.7 Å². The van der Waals surface area contributed by atoms with E-state index in [9.17, 15) is 4.39 Å². The van der Waals surface area contributed by atoms with Crippen molar-refractivity contribution in [3.8, 4) is 11.1 Å². The fourth-order valence-corrected chi connectivity index (χ4v) is 2.09. The highest BCUT2D eigenvalue weighted by Gasteiger charge is 2.09. The van der Waals surface area contributed by atoms with E-state index < -0.39 is 0 Å². The fraction of sp³-hybridized carbons (Fsp3) is 0.200. The summed E-state index contributed by atoms with van der Waals surface area (Å²) in [6, 6.07) is 11.3. The molecule has 88 valence electrons. The molecule has 2 aromatic carbocycles. The minimum atomic E-state index is -0.164. The number of halogens is 1. The molecule has 0 unspecified atom stereocenters. The first-order valence-electron chi connectivity index (χ1n) is 5.68. The van der Waals surface area contributed by atoms with Gasteiger partial charge in [0.25, 0.3) is 0 Å².